The zero-order chi connectivity index (χ0) is 8.48. The Kier molecular flexibility index (Phi) is 3.63. The highest BCUT2D eigenvalue weighted by Gasteiger charge is 2.40. The van der Waals surface area contributed by atoms with Crippen LogP contribution in [0, 0.1) is 0 Å². The second-order valence-electron chi connectivity index (χ2n) is 2.29. The summed E-state index contributed by atoms with van der Waals surface area (Å²) in [7, 11) is 0. The van der Waals surface area contributed by atoms with Crippen molar-refractivity contribution in [2.24, 2.45) is 10.7 Å². The molecule has 72 valence electrons. The van der Waals surface area contributed by atoms with Gasteiger partial charge >= 0.3 is 6.18 Å². The lowest BCUT2D eigenvalue weighted by Gasteiger charge is -2.21. The van der Waals surface area contributed by atoms with Crippen molar-refractivity contribution < 1.29 is 13.2 Å². The summed E-state index contributed by atoms with van der Waals surface area (Å²) in [6.07, 6.45) is -4.29. The van der Waals surface area contributed by atoms with Gasteiger partial charge in [-0.15, -0.1) is 12.4 Å². The fourth-order valence-corrected chi connectivity index (χ4v) is 0.852. The summed E-state index contributed by atoms with van der Waals surface area (Å²) < 4.78 is 35.8. The standard InChI is InChI=1S/C5H8F3N3.ClH/c6-5(7,8)3-1-2-10-4(9)11-3;/h3H,1-2H2,(H3,9,10,11);1H/t3-;/m1./s1. The summed E-state index contributed by atoms with van der Waals surface area (Å²) in [6, 6.07) is -1.62. The fourth-order valence-electron chi connectivity index (χ4n) is 0.852. The van der Waals surface area contributed by atoms with Crippen molar-refractivity contribution in [1.82, 2.24) is 5.32 Å². The minimum atomic E-state index is -4.26. The van der Waals surface area contributed by atoms with Crippen LogP contribution in [0.4, 0.5) is 13.2 Å². The van der Waals surface area contributed by atoms with Crippen molar-refractivity contribution in [3.8, 4) is 0 Å². The largest absolute Gasteiger partial charge is 0.410 e. The first kappa shape index (κ1) is 11.4. The maximum absolute atomic E-state index is 11.9. The minimum absolute atomic E-state index is 0. The lowest BCUT2D eigenvalue weighted by atomic mass is 10.2. The highest BCUT2D eigenvalue weighted by atomic mass is 35.5. The monoisotopic (exact) mass is 203 g/mol. The molecule has 0 aromatic carbocycles. The van der Waals surface area contributed by atoms with Crippen LogP contribution in [0.1, 0.15) is 6.42 Å². The maximum Gasteiger partial charge on any atom is 0.410 e. The molecule has 1 heterocycles. The van der Waals surface area contributed by atoms with E-state index in [4.69, 9.17) is 5.73 Å². The molecule has 0 unspecified atom stereocenters. The molecule has 0 aromatic rings. The predicted molar refractivity (Wildman–Crippen MR) is 41.3 cm³/mol. The summed E-state index contributed by atoms with van der Waals surface area (Å²) in [5, 5.41) is 2.51. The number of hydrogen-bond acceptors (Lipinski definition) is 3. The minimum Gasteiger partial charge on any atom is -0.370 e. The average Bonchev–Trinajstić information content (AvgIpc) is 1.86. The van der Waals surface area contributed by atoms with Gasteiger partial charge in [0.15, 0.2) is 12.0 Å². The third-order valence-corrected chi connectivity index (χ3v) is 1.40. The van der Waals surface area contributed by atoms with Gasteiger partial charge in [-0.3, -0.25) is 0 Å². The van der Waals surface area contributed by atoms with E-state index < -0.39 is 12.2 Å². The summed E-state index contributed by atoms with van der Waals surface area (Å²) in [5.41, 5.74) is 5.06. The molecule has 0 aliphatic carbocycles. The molecule has 0 amide bonds. The Morgan fingerprint density at radius 1 is 1.50 bits per heavy atom. The molecule has 0 bridgehead atoms. The molecule has 0 aromatic heterocycles. The quantitative estimate of drug-likeness (QED) is 0.607. The summed E-state index contributed by atoms with van der Waals surface area (Å²) in [6.45, 7) is 0.236. The van der Waals surface area contributed by atoms with Crippen LogP contribution in [0.15, 0.2) is 4.99 Å². The number of hydrogen-bond donors (Lipinski definition) is 2. The lowest BCUT2D eigenvalue weighted by Crippen LogP contribution is -2.43. The summed E-state index contributed by atoms with van der Waals surface area (Å²) in [4.78, 5) is 3.21. The fraction of sp³-hybridized carbons (Fsp3) is 0.800. The average molecular weight is 204 g/mol. The Bertz CT molecular complexity index is 179. The lowest BCUT2D eigenvalue weighted by molar-refractivity contribution is -0.148. The number of guanidine groups is 1. The van der Waals surface area contributed by atoms with E-state index in [2.05, 4.69) is 10.3 Å². The van der Waals surface area contributed by atoms with Crippen LogP contribution in [0.2, 0.25) is 0 Å². The third-order valence-electron chi connectivity index (χ3n) is 1.40. The first-order valence-electron chi connectivity index (χ1n) is 3.14. The van der Waals surface area contributed by atoms with Crippen molar-refractivity contribution in [2.45, 2.75) is 18.6 Å². The van der Waals surface area contributed by atoms with E-state index in [1.807, 2.05) is 0 Å². The number of halogens is 4. The van der Waals surface area contributed by atoms with Gasteiger partial charge in [-0.1, -0.05) is 0 Å². The Hall–Kier alpha value is -0.650. The van der Waals surface area contributed by atoms with Crippen LogP contribution in [-0.2, 0) is 0 Å². The molecule has 1 aliphatic rings. The topological polar surface area (TPSA) is 50.4 Å². The highest BCUT2D eigenvalue weighted by Crippen LogP contribution is 2.25. The molecule has 1 atom stereocenters. The van der Waals surface area contributed by atoms with Gasteiger partial charge in [-0.2, -0.15) is 13.2 Å². The molecular weight excluding hydrogens is 195 g/mol. The second kappa shape index (κ2) is 3.84. The summed E-state index contributed by atoms with van der Waals surface area (Å²) in [5.74, 6) is -0.126. The van der Waals surface area contributed by atoms with Crippen LogP contribution in [0.25, 0.3) is 0 Å². The van der Waals surface area contributed by atoms with Crippen LogP contribution in [-0.4, -0.2) is 24.7 Å². The zero-order valence-corrected chi connectivity index (χ0v) is 6.87. The molecule has 0 fully saturated rings. The zero-order valence-electron chi connectivity index (χ0n) is 6.06. The van der Waals surface area contributed by atoms with Gasteiger partial charge in [0.05, 0.1) is 0 Å². The SMILES string of the molecule is Cl.NC1=N[C@@H](C(F)(F)F)CCN1. The second-order valence-corrected chi connectivity index (χ2v) is 2.29. The smallest absolute Gasteiger partial charge is 0.370 e. The molecule has 0 radical (unpaired) electrons. The van der Waals surface area contributed by atoms with E-state index in [1.54, 1.807) is 0 Å². The van der Waals surface area contributed by atoms with Gasteiger partial charge in [0.2, 0.25) is 0 Å². The van der Waals surface area contributed by atoms with E-state index in [0.717, 1.165) is 0 Å². The van der Waals surface area contributed by atoms with Crippen molar-refractivity contribution in [3.05, 3.63) is 0 Å². The summed E-state index contributed by atoms with van der Waals surface area (Å²) >= 11 is 0. The van der Waals surface area contributed by atoms with E-state index >= 15 is 0 Å². The van der Waals surface area contributed by atoms with E-state index in [9.17, 15) is 13.2 Å². The van der Waals surface area contributed by atoms with Gasteiger partial charge < -0.3 is 11.1 Å². The molecule has 0 saturated carbocycles. The number of nitrogens with zero attached hydrogens (tertiary/aromatic N) is 1. The molecule has 3 nitrogen and oxygen atoms in total. The molecule has 3 N–H and O–H groups in total. The Morgan fingerprint density at radius 3 is 2.42 bits per heavy atom. The van der Waals surface area contributed by atoms with Crippen molar-refractivity contribution in [1.29, 1.82) is 0 Å². The molecule has 0 saturated heterocycles. The molecule has 1 rings (SSSR count). The van der Waals surface area contributed by atoms with E-state index in [0.29, 0.717) is 0 Å². The number of rotatable bonds is 0. The Labute approximate surface area is 73.6 Å². The Morgan fingerprint density at radius 2 is 2.08 bits per heavy atom. The Balaban J connectivity index is 0.00000121. The van der Waals surface area contributed by atoms with Crippen LogP contribution in [0.5, 0.6) is 0 Å². The van der Waals surface area contributed by atoms with Gasteiger partial charge in [-0.25, -0.2) is 4.99 Å². The van der Waals surface area contributed by atoms with Crippen molar-refractivity contribution >= 4 is 18.4 Å². The normalized spacial score (nSPS) is 23.6. The predicted octanol–water partition coefficient (Wildman–Crippen LogP) is 0.647. The van der Waals surface area contributed by atoms with Crippen LogP contribution >= 0.6 is 12.4 Å². The third kappa shape index (κ3) is 2.77. The van der Waals surface area contributed by atoms with Crippen molar-refractivity contribution in [3.63, 3.8) is 0 Å². The van der Waals surface area contributed by atoms with E-state index in [1.165, 1.54) is 0 Å². The first-order valence-corrected chi connectivity index (χ1v) is 3.14. The van der Waals surface area contributed by atoms with Gasteiger partial charge in [0.25, 0.3) is 0 Å². The molecular formula is C5H9ClF3N3. The molecule has 12 heavy (non-hydrogen) atoms. The number of nitrogens with one attached hydrogen (secondary N) is 1. The molecule has 1 aliphatic heterocycles. The van der Waals surface area contributed by atoms with Crippen molar-refractivity contribution in [2.75, 3.05) is 6.54 Å². The van der Waals surface area contributed by atoms with Gasteiger partial charge in [0, 0.05) is 6.54 Å². The number of aliphatic imine (C=N–C) groups is 1. The first-order chi connectivity index (χ1) is 5.00. The highest BCUT2D eigenvalue weighted by molar-refractivity contribution is 5.85. The van der Waals surface area contributed by atoms with Crippen LogP contribution in [0.3, 0.4) is 0 Å². The molecule has 0 spiro atoms. The molecule has 7 heteroatoms. The van der Waals surface area contributed by atoms with Crippen LogP contribution < -0.4 is 11.1 Å². The number of alkyl halides is 3. The maximum atomic E-state index is 11.9. The van der Waals surface area contributed by atoms with Gasteiger partial charge in [0.1, 0.15) is 0 Å². The van der Waals surface area contributed by atoms with E-state index in [-0.39, 0.29) is 31.3 Å². The number of nitrogens with two attached hydrogens (primary N) is 1. The van der Waals surface area contributed by atoms with Gasteiger partial charge in [-0.05, 0) is 6.42 Å².